The Hall–Kier alpha value is -2.04. The van der Waals surface area contributed by atoms with Gasteiger partial charge in [0.25, 0.3) is 0 Å². The number of methoxy groups -OCH3 is 1. The van der Waals surface area contributed by atoms with Crippen molar-refractivity contribution >= 4 is 34.4 Å². The highest BCUT2D eigenvalue weighted by Crippen LogP contribution is 2.43. The lowest BCUT2D eigenvalue weighted by Crippen LogP contribution is -2.34. The van der Waals surface area contributed by atoms with E-state index >= 15 is 0 Å². The van der Waals surface area contributed by atoms with Gasteiger partial charge in [0.15, 0.2) is 0 Å². The fraction of sp³-hybridized carbons (Fsp3) is 0.381. The van der Waals surface area contributed by atoms with E-state index in [1.165, 1.54) is 0 Å². The van der Waals surface area contributed by atoms with Crippen LogP contribution in [0.4, 0.5) is 17.1 Å². The first kappa shape index (κ1) is 17.4. The van der Waals surface area contributed by atoms with Gasteiger partial charge in [-0.15, -0.1) is 0 Å². The fourth-order valence-corrected chi connectivity index (χ4v) is 4.08. The van der Waals surface area contributed by atoms with Crippen LogP contribution in [0.2, 0.25) is 5.02 Å². The molecule has 0 aliphatic carbocycles. The van der Waals surface area contributed by atoms with Crippen LogP contribution in [0.25, 0.3) is 0 Å². The van der Waals surface area contributed by atoms with Crippen molar-refractivity contribution < 1.29 is 4.74 Å². The zero-order valence-corrected chi connectivity index (χ0v) is 16.3. The zero-order chi connectivity index (χ0) is 18.3. The van der Waals surface area contributed by atoms with Gasteiger partial charge in [0.2, 0.25) is 0 Å². The highest BCUT2D eigenvalue weighted by molar-refractivity contribution is 6.31. The molecule has 2 aliphatic heterocycles. The molecule has 0 atom stereocenters. The predicted molar refractivity (Wildman–Crippen MR) is 109 cm³/mol. The number of likely N-dealkylation sites (tertiary alicyclic amines) is 1. The second-order valence-corrected chi connectivity index (χ2v) is 7.59. The zero-order valence-electron chi connectivity index (χ0n) is 15.5. The molecule has 0 spiro atoms. The average molecular weight is 370 g/mol. The third kappa shape index (κ3) is 3.08. The van der Waals surface area contributed by atoms with E-state index < -0.39 is 0 Å². The summed E-state index contributed by atoms with van der Waals surface area (Å²) in [5.74, 6) is 1.29. The Labute approximate surface area is 160 Å². The number of hydrogen-bond donors (Lipinski definition) is 0. The van der Waals surface area contributed by atoms with Gasteiger partial charge in [-0.25, -0.2) is 0 Å². The molecular weight excluding hydrogens is 346 g/mol. The highest BCUT2D eigenvalue weighted by atomic mass is 35.5. The minimum atomic E-state index is 0.449. The van der Waals surface area contributed by atoms with Gasteiger partial charge in [0.1, 0.15) is 5.75 Å². The van der Waals surface area contributed by atoms with Crippen LogP contribution in [0.15, 0.2) is 41.4 Å². The minimum Gasteiger partial charge on any atom is -0.497 e. The predicted octanol–water partition coefficient (Wildman–Crippen LogP) is 4.89. The van der Waals surface area contributed by atoms with Crippen LogP contribution in [-0.4, -0.2) is 44.9 Å². The number of aliphatic imine (C=N–C) groups is 1. The molecule has 2 aromatic rings. The molecule has 1 fully saturated rings. The van der Waals surface area contributed by atoms with Crippen LogP contribution in [0.5, 0.6) is 5.75 Å². The Kier molecular flexibility index (Phi) is 4.63. The van der Waals surface area contributed by atoms with Crippen LogP contribution in [-0.2, 0) is 0 Å². The molecular formula is C21H24ClN3O. The van der Waals surface area contributed by atoms with Crippen LogP contribution in [0, 0.1) is 5.92 Å². The smallest absolute Gasteiger partial charge is 0.121 e. The molecule has 2 aliphatic rings. The van der Waals surface area contributed by atoms with Crippen molar-refractivity contribution in [3.63, 3.8) is 0 Å². The molecule has 26 heavy (non-hydrogen) atoms. The first-order valence-electron chi connectivity index (χ1n) is 9.05. The maximum atomic E-state index is 6.36. The molecule has 0 N–H and O–H groups in total. The van der Waals surface area contributed by atoms with Crippen molar-refractivity contribution in [2.24, 2.45) is 10.9 Å². The van der Waals surface area contributed by atoms with Crippen LogP contribution >= 0.6 is 11.6 Å². The summed E-state index contributed by atoms with van der Waals surface area (Å²) in [4.78, 5) is 9.71. The molecule has 4 nitrogen and oxygen atoms in total. The Morgan fingerprint density at radius 1 is 1.04 bits per heavy atom. The van der Waals surface area contributed by atoms with Crippen molar-refractivity contribution in [1.82, 2.24) is 4.90 Å². The molecule has 0 aromatic heterocycles. The van der Waals surface area contributed by atoms with Crippen LogP contribution in [0.1, 0.15) is 18.4 Å². The lowest BCUT2D eigenvalue weighted by molar-refractivity contribution is 0.252. The quantitative estimate of drug-likeness (QED) is 0.754. The van der Waals surface area contributed by atoms with Gasteiger partial charge in [-0.3, -0.25) is 4.99 Å². The lowest BCUT2D eigenvalue weighted by Gasteiger charge is -2.30. The summed E-state index contributed by atoms with van der Waals surface area (Å²) in [5, 5.41) is 0.751. The van der Waals surface area contributed by atoms with Crippen molar-refractivity contribution in [3.8, 4) is 5.75 Å². The van der Waals surface area contributed by atoms with E-state index in [0.29, 0.717) is 5.92 Å². The summed E-state index contributed by atoms with van der Waals surface area (Å²) in [6.07, 6.45) is 2.24. The van der Waals surface area contributed by atoms with Gasteiger partial charge in [0, 0.05) is 29.6 Å². The highest BCUT2D eigenvalue weighted by Gasteiger charge is 2.28. The minimum absolute atomic E-state index is 0.449. The molecule has 1 saturated heterocycles. The monoisotopic (exact) mass is 369 g/mol. The third-order valence-corrected chi connectivity index (χ3v) is 5.72. The molecule has 5 heteroatoms. The van der Waals surface area contributed by atoms with Crippen molar-refractivity contribution in [2.75, 3.05) is 39.2 Å². The maximum Gasteiger partial charge on any atom is 0.121 e. The third-order valence-electron chi connectivity index (χ3n) is 5.49. The van der Waals surface area contributed by atoms with E-state index in [2.05, 4.69) is 42.1 Å². The lowest BCUT2D eigenvalue weighted by atomic mass is 9.87. The first-order chi connectivity index (χ1) is 12.6. The first-order valence-corrected chi connectivity index (χ1v) is 9.43. The molecule has 0 unspecified atom stereocenters. The average Bonchev–Trinajstić information content (AvgIpc) is 2.77. The molecule has 136 valence electrons. The van der Waals surface area contributed by atoms with Gasteiger partial charge < -0.3 is 14.5 Å². The Morgan fingerprint density at radius 2 is 1.81 bits per heavy atom. The second-order valence-electron chi connectivity index (χ2n) is 7.15. The molecule has 2 heterocycles. The Morgan fingerprint density at radius 3 is 2.54 bits per heavy atom. The SMILES string of the molecule is COc1ccc2c(c1)N(C)c1ccc(Cl)cc1C(C1CCN(C)CC1)=N2. The molecule has 4 rings (SSSR count). The van der Waals surface area contributed by atoms with E-state index in [9.17, 15) is 0 Å². The maximum absolute atomic E-state index is 6.36. The van der Waals surface area contributed by atoms with Gasteiger partial charge >= 0.3 is 0 Å². The van der Waals surface area contributed by atoms with Crippen molar-refractivity contribution in [2.45, 2.75) is 12.8 Å². The standard InChI is InChI=1S/C21H24ClN3O/c1-24-10-8-14(9-11-24)21-17-12-15(22)4-7-19(17)25(2)20-13-16(26-3)5-6-18(20)23-21/h4-7,12-14H,8-11H2,1-3H3. The number of benzene rings is 2. The number of rotatable bonds is 2. The van der Waals surface area contributed by atoms with Crippen molar-refractivity contribution in [3.05, 3.63) is 47.0 Å². The number of halogens is 1. The van der Waals surface area contributed by atoms with E-state index in [1.807, 2.05) is 18.2 Å². The number of piperidine rings is 1. The molecule has 2 aromatic carbocycles. The van der Waals surface area contributed by atoms with Gasteiger partial charge in [-0.2, -0.15) is 0 Å². The number of anilines is 2. The van der Waals surface area contributed by atoms with Gasteiger partial charge in [-0.1, -0.05) is 11.6 Å². The van der Waals surface area contributed by atoms with E-state index in [1.54, 1.807) is 7.11 Å². The van der Waals surface area contributed by atoms with Crippen LogP contribution < -0.4 is 9.64 Å². The molecule has 0 amide bonds. The van der Waals surface area contributed by atoms with Gasteiger partial charge in [0.05, 0.1) is 29.9 Å². The van der Waals surface area contributed by atoms with Crippen molar-refractivity contribution in [1.29, 1.82) is 0 Å². The topological polar surface area (TPSA) is 28.1 Å². The summed E-state index contributed by atoms with van der Waals surface area (Å²) in [7, 11) is 5.96. The number of hydrogen-bond acceptors (Lipinski definition) is 4. The summed E-state index contributed by atoms with van der Waals surface area (Å²) in [6.45, 7) is 2.20. The number of ether oxygens (including phenoxy) is 1. The summed E-state index contributed by atoms with van der Waals surface area (Å²) < 4.78 is 5.43. The summed E-state index contributed by atoms with van der Waals surface area (Å²) >= 11 is 6.36. The van der Waals surface area contributed by atoms with Gasteiger partial charge in [-0.05, 0) is 63.3 Å². The summed E-state index contributed by atoms with van der Waals surface area (Å²) in [5.41, 5.74) is 5.47. The fourth-order valence-electron chi connectivity index (χ4n) is 3.91. The van der Waals surface area contributed by atoms with E-state index in [-0.39, 0.29) is 0 Å². The molecule has 0 bridgehead atoms. The van der Waals surface area contributed by atoms with Crippen LogP contribution in [0.3, 0.4) is 0 Å². The Bertz CT molecular complexity index is 856. The Balaban J connectivity index is 1.88. The second kappa shape index (κ2) is 6.93. The number of nitrogens with zero attached hydrogens (tertiary/aromatic N) is 3. The largest absolute Gasteiger partial charge is 0.497 e. The molecule has 0 saturated carbocycles. The number of fused-ring (bicyclic) bond motifs is 2. The van der Waals surface area contributed by atoms with E-state index in [0.717, 1.165) is 65.0 Å². The van der Waals surface area contributed by atoms with E-state index in [4.69, 9.17) is 21.3 Å². The summed E-state index contributed by atoms with van der Waals surface area (Å²) in [6, 6.07) is 12.2. The normalized spacial score (nSPS) is 18.0. The molecule has 0 radical (unpaired) electrons.